The van der Waals surface area contributed by atoms with E-state index in [1.165, 1.54) is 6.07 Å². The number of hydrogen-bond acceptors (Lipinski definition) is 4. The van der Waals surface area contributed by atoms with Crippen molar-refractivity contribution >= 4 is 5.91 Å². The minimum absolute atomic E-state index is 0.122. The summed E-state index contributed by atoms with van der Waals surface area (Å²) in [6.45, 7) is 2.10. The molecule has 1 heterocycles. The number of aromatic nitrogens is 2. The molecule has 144 valence electrons. The molecule has 6 heteroatoms. The molecule has 1 amide bonds. The molecule has 3 aromatic carbocycles. The highest BCUT2D eigenvalue weighted by molar-refractivity contribution is 5.94. The van der Waals surface area contributed by atoms with Crippen LogP contribution in [-0.2, 0) is 6.54 Å². The van der Waals surface area contributed by atoms with E-state index >= 15 is 0 Å². The summed E-state index contributed by atoms with van der Waals surface area (Å²) >= 11 is 0. The minimum Gasteiger partial charge on any atom is -0.416 e. The summed E-state index contributed by atoms with van der Waals surface area (Å²) < 4.78 is 19.4. The van der Waals surface area contributed by atoms with Crippen LogP contribution in [0.2, 0.25) is 0 Å². The highest BCUT2D eigenvalue weighted by atomic mass is 19.1. The number of aryl methyl sites for hydroxylation is 1. The number of rotatable bonds is 5. The van der Waals surface area contributed by atoms with Gasteiger partial charge in [-0.2, -0.15) is 0 Å². The summed E-state index contributed by atoms with van der Waals surface area (Å²) in [6, 6.07) is 21.0. The molecule has 0 unspecified atom stereocenters. The van der Waals surface area contributed by atoms with E-state index in [0.29, 0.717) is 28.5 Å². The molecule has 5 nitrogen and oxygen atoms in total. The maximum Gasteiger partial charge on any atom is 0.251 e. The van der Waals surface area contributed by atoms with E-state index in [-0.39, 0.29) is 18.3 Å². The van der Waals surface area contributed by atoms with Gasteiger partial charge in [-0.1, -0.05) is 36.4 Å². The average Bonchev–Trinajstić information content (AvgIpc) is 3.23. The Morgan fingerprint density at radius 3 is 2.38 bits per heavy atom. The van der Waals surface area contributed by atoms with E-state index in [1.54, 1.807) is 42.5 Å². The SMILES string of the molecule is Cc1ccccc1-c1nnc(-c2ccc(C(=O)NCc3ccccc3F)cc2)o1. The van der Waals surface area contributed by atoms with E-state index in [9.17, 15) is 9.18 Å². The Hall–Kier alpha value is -3.80. The molecule has 0 aliphatic rings. The molecule has 0 aliphatic heterocycles. The third-order valence-corrected chi connectivity index (χ3v) is 4.59. The van der Waals surface area contributed by atoms with Gasteiger partial charge in [-0.25, -0.2) is 4.39 Å². The second kappa shape index (κ2) is 8.06. The number of carbonyl (C=O) groups is 1. The van der Waals surface area contributed by atoms with Crippen LogP contribution in [0.15, 0.2) is 77.2 Å². The van der Waals surface area contributed by atoms with Crippen molar-refractivity contribution in [1.29, 1.82) is 0 Å². The highest BCUT2D eigenvalue weighted by Gasteiger charge is 2.13. The van der Waals surface area contributed by atoms with Gasteiger partial charge in [0.15, 0.2) is 0 Å². The van der Waals surface area contributed by atoms with Crippen LogP contribution < -0.4 is 5.32 Å². The number of amides is 1. The molecule has 0 fully saturated rings. The topological polar surface area (TPSA) is 68.0 Å². The molecule has 0 spiro atoms. The van der Waals surface area contributed by atoms with Crippen molar-refractivity contribution in [1.82, 2.24) is 15.5 Å². The molecular formula is C23H18FN3O2. The Morgan fingerprint density at radius 2 is 1.62 bits per heavy atom. The van der Waals surface area contributed by atoms with Gasteiger partial charge in [-0.05, 0) is 48.9 Å². The summed E-state index contributed by atoms with van der Waals surface area (Å²) in [6.07, 6.45) is 0. The summed E-state index contributed by atoms with van der Waals surface area (Å²) in [5.74, 6) is 0.196. The standard InChI is InChI=1S/C23H18FN3O2/c1-15-6-2-4-8-19(15)23-27-26-22(29-23)17-12-10-16(11-13-17)21(28)25-14-18-7-3-5-9-20(18)24/h2-13H,14H2,1H3,(H,25,28). The van der Waals surface area contributed by atoms with Crippen LogP contribution in [0.5, 0.6) is 0 Å². The monoisotopic (exact) mass is 387 g/mol. The van der Waals surface area contributed by atoms with Crippen molar-refractivity contribution in [3.05, 3.63) is 95.3 Å². The van der Waals surface area contributed by atoms with Crippen molar-refractivity contribution in [3.63, 3.8) is 0 Å². The molecule has 29 heavy (non-hydrogen) atoms. The molecule has 1 aromatic heterocycles. The van der Waals surface area contributed by atoms with Gasteiger partial charge in [0.2, 0.25) is 11.8 Å². The molecule has 1 N–H and O–H groups in total. The van der Waals surface area contributed by atoms with E-state index in [1.807, 2.05) is 31.2 Å². The summed E-state index contributed by atoms with van der Waals surface area (Å²) in [7, 11) is 0. The van der Waals surface area contributed by atoms with Crippen LogP contribution >= 0.6 is 0 Å². The zero-order chi connectivity index (χ0) is 20.2. The van der Waals surface area contributed by atoms with Crippen molar-refractivity contribution in [3.8, 4) is 22.9 Å². The largest absolute Gasteiger partial charge is 0.416 e. The number of carbonyl (C=O) groups excluding carboxylic acids is 1. The lowest BCUT2D eigenvalue weighted by molar-refractivity contribution is 0.0950. The Bertz CT molecular complexity index is 1150. The molecule has 0 radical (unpaired) electrons. The average molecular weight is 387 g/mol. The molecule has 4 rings (SSSR count). The lowest BCUT2D eigenvalue weighted by atomic mass is 10.1. The first-order chi connectivity index (χ1) is 14.1. The zero-order valence-corrected chi connectivity index (χ0v) is 15.7. The van der Waals surface area contributed by atoms with Crippen LogP contribution in [0, 0.1) is 12.7 Å². The molecule has 0 bridgehead atoms. The molecule has 0 saturated heterocycles. The van der Waals surface area contributed by atoms with Crippen molar-refractivity contribution in [2.75, 3.05) is 0 Å². The van der Waals surface area contributed by atoms with Crippen LogP contribution in [0.4, 0.5) is 4.39 Å². The molecule has 0 aliphatic carbocycles. The highest BCUT2D eigenvalue weighted by Crippen LogP contribution is 2.26. The number of halogens is 1. The molecular weight excluding hydrogens is 369 g/mol. The van der Waals surface area contributed by atoms with Gasteiger partial charge < -0.3 is 9.73 Å². The predicted octanol–water partition coefficient (Wildman–Crippen LogP) is 4.78. The maximum atomic E-state index is 13.7. The Balaban J connectivity index is 1.46. The summed E-state index contributed by atoms with van der Waals surface area (Å²) in [5, 5.41) is 10.9. The Labute approximate surface area is 167 Å². The quantitative estimate of drug-likeness (QED) is 0.535. The second-order valence-electron chi connectivity index (χ2n) is 6.58. The lowest BCUT2D eigenvalue weighted by Gasteiger charge is -2.06. The fourth-order valence-corrected chi connectivity index (χ4v) is 2.95. The van der Waals surface area contributed by atoms with E-state index < -0.39 is 0 Å². The molecule has 0 atom stereocenters. The number of benzene rings is 3. The van der Waals surface area contributed by atoms with Gasteiger partial charge in [0.05, 0.1) is 0 Å². The Kier molecular flexibility index (Phi) is 5.16. The molecule has 0 saturated carbocycles. The van der Waals surface area contributed by atoms with Crippen molar-refractivity contribution in [2.45, 2.75) is 13.5 Å². The van der Waals surface area contributed by atoms with E-state index in [2.05, 4.69) is 15.5 Å². The summed E-state index contributed by atoms with van der Waals surface area (Å²) in [5.41, 5.74) is 3.54. The van der Waals surface area contributed by atoms with Gasteiger partial charge in [0, 0.05) is 28.8 Å². The van der Waals surface area contributed by atoms with Gasteiger partial charge >= 0.3 is 0 Å². The van der Waals surface area contributed by atoms with Crippen LogP contribution in [0.1, 0.15) is 21.5 Å². The van der Waals surface area contributed by atoms with E-state index in [4.69, 9.17) is 4.42 Å². The zero-order valence-electron chi connectivity index (χ0n) is 15.7. The first-order valence-corrected chi connectivity index (χ1v) is 9.13. The first kappa shape index (κ1) is 18.6. The van der Waals surface area contributed by atoms with Crippen LogP contribution in [-0.4, -0.2) is 16.1 Å². The predicted molar refractivity (Wildman–Crippen MR) is 107 cm³/mol. The Morgan fingerprint density at radius 1 is 0.931 bits per heavy atom. The van der Waals surface area contributed by atoms with Gasteiger partial charge in [0.1, 0.15) is 5.82 Å². The third kappa shape index (κ3) is 4.06. The molecule has 4 aromatic rings. The number of nitrogens with one attached hydrogen (secondary N) is 1. The smallest absolute Gasteiger partial charge is 0.251 e. The van der Waals surface area contributed by atoms with Crippen molar-refractivity contribution < 1.29 is 13.6 Å². The minimum atomic E-state index is -0.344. The normalized spacial score (nSPS) is 10.7. The lowest BCUT2D eigenvalue weighted by Crippen LogP contribution is -2.23. The fourth-order valence-electron chi connectivity index (χ4n) is 2.95. The van der Waals surface area contributed by atoms with Crippen LogP contribution in [0.3, 0.4) is 0 Å². The summed E-state index contributed by atoms with van der Waals surface area (Å²) in [4.78, 5) is 12.3. The maximum absolute atomic E-state index is 13.7. The number of nitrogens with zero attached hydrogens (tertiary/aromatic N) is 2. The van der Waals surface area contributed by atoms with Gasteiger partial charge in [-0.15, -0.1) is 10.2 Å². The third-order valence-electron chi connectivity index (χ3n) is 4.59. The van der Waals surface area contributed by atoms with Gasteiger partial charge in [-0.3, -0.25) is 4.79 Å². The van der Waals surface area contributed by atoms with Gasteiger partial charge in [0.25, 0.3) is 5.91 Å². The number of hydrogen-bond donors (Lipinski definition) is 1. The van der Waals surface area contributed by atoms with Crippen molar-refractivity contribution in [2.24, 2.45) is 0 Å². The van der Waals surface area contributed by atoms with Crippen LogP contribution in [0.25, 0.3) is 22.9 Å². The van der Waals surface area contributed by atoms with E-state index in [0.717, 1.165) is 11.1 Å². The first-order valence-electron chi connectivity index (χ1n) is 9.13. The second-order valence-corrected chi connectivity index (χ2v) is 6.58. The fraction of sp³-hybridized carbons (Fsp3) is 0.0870.